The minimum atomic E-state index is 0.670. The molecular weight excluding hydrogens is 256 g/mol. The number of hydrogen-bond donors (Lipinski definition) is 0. The molecule has 0 amide bonds. The van der Waals surface area contributed by atoms with Crippen LogP contribution in [-0.4, -0.2) is 24.0 Å². The first kappa shape index (κ1) is 14.3. The second-order valence-electron chi connectivity index (χ2n) is 4.40. The third kappa shape index (κ3) is 3.71. The molecule has 1 aromatic carbocycles. The summed E-state index contributed by atoms with van der Waals surface area (Å²) in [4.78, 5) is 0. The van der Waals surface area contributed by atoms with Gasteiger partial charge in [0.1, 0.15) is 0 Å². The summed E-state index contributed by atoms with van der Waals surface area (Å²) in [6, 6.07) is 9.08. The summed E-state index contributed by atoms with van der Waals surface area (Å²) in [5, 5.41) is 0. The van der Waals surface area contributed by atoms with Crippen molar-refractivity contribution in [2.45, 2.75) is 5.92 Å². The molecular formula is C16H19S2. The van der Waals surface area contributed by atoms with Gasteiger partial charge < -0.3 is 0 Å². The van der Waals surface area contributed by atoms with Crippen LogP contribution < -0.4 is 0 Å². The third-order valence-corrected chi connectivity index (χ3v) is 4.59. The lowest BCUT2D eigenvalue weighted by Gasteiger charge is -2.16. The van der Waals surface area contributed by atoms with Gasteiger partial charge in [0, 0.05) is 23.3 Å². The number of benzene rings is 1. The molecule has 18 heavy (non-hydrogen) atoms. The first-order valence-electron chi connectivity index (χ1n) is 6.15. The van der Waals surface area contributed by atoms with Crippen molar-refractivity contribution in [2.75, 3.05) is 24.0 Å². The van der Waals surface area contributed by atoms with Crippen LogP contribution >= 0.6 is 23.5 Å². The van der Waals surface area contributed by atoms with Crippen LogP contribution in [0.25, 0.3) is 0 Å². The molecule has 0 heterocycles. The van der Waals surface area contributed by atoms with Gasteiger partial charge in [-0.1, -0.05) is 24.3 Å². The van der Waals surface area contributed by atoms with E-state index < -0.39 is 0 Å². The Morgan fingerprint density at radius 3 is 1.94 bits per heavy atom. The zero-order valence-electron chi connectivity index (χ0n) is 10.9. The summed E-state index contributed by atoms with van der Waals surface area (Å²) < 4.78 is 0. The molecule has 2 heteroatoms. The van der Waals surface area contributed by atoms with E-state index in [4.69, 9.17) is 0 Å². The second kappa shape index (κ2) is 7.49. The largest absolute Gasteiger partial charge is 0.165 e. The van der Waals surface area contributed by atoms with E-state index >= 15 is 0 Å². The highest BCUT2D eigenvalue weighted by molar-refractivity contribution is 7.99. The van der Waals surface area contributed by atoms with Gasteiger partial charge in [-0.25, -0.2) is 0 Å². The zero-order chi connectivity index (χ0) is 12.8. The van der Waals surface area contributed by atoms with Crippen molar-refractivity contribution in [1.29, 1.82) is 0 Å². The third-order valence-electron chi connectivity index (χ3n) is 3.11. The van der Waals surface area contributed by atoms with E-state index in [1.165, 1.54) is 28.6 Å². The lowest BCUT2D eigenvalue weighted by Crippen LogP contribution is -2.05. The predicted octanol–water partition coefficient (Wildman–Crippen LogP) is 4.25. The fraction of sp³-hybridized carbons (Fsp3) is 0.312. The minimum Gasteiger partial charge on any atom is -0.165 e. The van der Waals surface area contributed by atoms with Crippen molar-refractivity contribution < 1.29 is 0 Å². The first-order chi connectivity index (χ1) is 8.85. The van der Waals surface area contributed by atoms with Crippen LogP contribution in [0.2, 0.25) is 0 Å². The van der Waals surface area contributed by atoms with E-state index in [1.54, 1.807) is 0 Å². The van der Waals surface area contributed by atoms with Gasteiger partial charge >= 0.3 is 0 Å². The average Bonchev–Trinajstić information content (AvgIpc) is 2.93. The van der Waals surface area contributed by atoms with E-state index in [-0.39, 0.29) is 0 Å². The molecule has 1 aromatic rings. The highest BCUT2D eigenvalue weighted by atomic mass is 32.2. The molecule has 0 nitrogen and oxygen atoms in total. The minimum absolute atomic E-state index is 0.670. The highest BCUT2D eigenvalue weighted by Gasteiger charge is 2.19. The Bertz CT molecular complexity index is 333. The van der Waals surface area contributed by atoms with E-state index in [0.717, 1.165) is 0 Å². The molecule has 1 aliphatic carbocycles. The molecule has 0 atom stereocenters. The van der Waals surface area contributed by atoms with Gasteiger partial charge in [0.2, 0.25) is 0 Å². The van der Waals surface area contributed by atoms with E-state index in [2.05, 4.69) is 62.5 Å². The normalized spacial score (nSPS) is 16.6. The molecule has 5 radical (unpaired) electrons. The van der Waals surface area contributed by atoms with Gasteiger partial charge in [0.15, 0.2) is 0 Å². The Labute approximate surface area is 120 Å². The quantitative estimate of drug-likeness (QED) is 0.761. The Kier molecular flexibility index (Phi) is 5.97. The number of hydrogen-bond acceptors (Lipinski definition) is 2. The van der Waals surface area contributed by atoms with Crippen molar-refractivity contribution in [3.8, 4) is 0 Å². The van der Waals surface area contributed by atoms with E-state index in [0.29, 0.717) is 5.92 Å². The van der Waals surface area contributed by atoms with Gasteiger partial charge in [-0.2, -0.15) is 23.5 Å². The van der Waals surface area contributed by atoms with Crippen LogP contribution in [0.3, 0.4) is 0 Å². The lowest BCUT2D eigenvalue weighted by molar-refractivity contribution is 0.896. The van der Waals surface area contributed by atoms with Gasteiger partial charge in [0.25, 0.3) is 0 Å². The van der Waals surface area contributed by atoms with Crippen LogP contribution in [0.4, 0.5) is 0 Å². The lowest BCUT2D eigenvalue weighted by atomic mass is 9.94. The molecule has 0 N–H and O–H groups in total. The van der Waals surface area contributed by atoms with Crippen molar-refractivity contribution in [3.63, 3.8) is 0 Å². The summed E-state index contributed by atoms with van der Waals surface area (Å²) in [5.74, 6) is 4.39. The fourth-order valence-corrected chi connectivity index (χ4v) is 3.73. The van der Waals surface area contributed by atoms with Crippen LogP contribution in [0.1, 0.15) is 17.0 Å². The monoisotopic (exact) mass is 275 g/mol. The molecule has 0 aliphatic heterocycles. The van der Waals surface area contributed by atoms with Gasteiger partial charge in [-0.3, -0.25) is 0 Å². The van der Waals surface area contributed by atoms with Gasteiger partial charge in [-0.15, -0.1) is 0 Å². The summed E-state index contributed by atoms with van der Waals surface area (Å²) in [5.41, 5.74) is 2.78. The van der Waals surface area contributed by atoms with Crippen LogP contribution in [0.5, 0.6) is 0 Å². The van der Waals surface area contributed by atoms with Crippen LogP contribution in [-0.2, 0) is 0 Å². The first-order valence-corrected chi connectivity index (χ1v) is 8.94. The fourth-order valence-electron chi connectivity index (χ4n) is 2.16. The Morgan fingerprint density at radius 1 is 0.889 bits per heavy atom. The maximum atomic E-state index is 2.29. The SMILES string of the molecule is CSCC(CSC)c1ccc([C]2[CH][CH][CH][CH]2)cc1. The second-order valence-corrected chi connectivity index (χ2v) is 6.22. The Morgan fingerprint density at radius 2 is 1.44 bits per heavy atom. The van der Waals surface area contributed by atoms with Crippen molar-refractivity contribution in [3.05, 3.63) is 67.0 Å². The Balaban J connectivity index is 2.04. The topological polar surface area (TPSA) is 0 Å². The summed E-state index contributed by atoms with van der Waals surface area (Å²) >= 11 is 3.87. The molecule has 0 saturated heterocycles. The molecule has 0 bridgehead atoms. The number of thioether (sulfide) groups is 2. The van der Waals surface area contributed by atoms with Crippen molar-refractivity contribution in [2.24, 2.45) is 0 Å². The summed E-state index contributed by atoms with van der Waals surface area (Å²) in [7, 11) is 0. The molecule has 0 unspecified atom stereocenters. The van der Waals surface area contributed by atoms with Gasteiger partial charge in [0.05, 0.1) is 0 Å². The maximum Gasteiger partial charge on any atom is 0.0124 e. The van der Waals surface area contributed by atoms with Crippen LogP contribution in [0, 0.1) is 31.6 Å². The van der Waals surface area contributed by atoms with E-state index in [1.807, 2.05) is 23.5 Å². The molecule has 0 aromatic heterocycles. The zero-order valence-corrected chi connectivity index (χ0v) is 12.6. The highest BCUT2D eigenvalue weighted by Crippen LogP contribution is 2.31. The van der Waals surface area contributed by atoms with E-state index in [9.17, 15) is 0 Å². The predicted molar refractivity (Wildman–Crippen MR) is 85.5 cm³/mol. The maximum absolute atomic E-state index is 2.29. The molecule has 1 fully saturated rings. The molecule has 2 rings (SSSR count). The van der Waals surface area contributed by atoms with Crippen molar-refractivity contribution >= 4 is 23.5 Å². The summed E-state index contributed by atoms with van der Waals surface area (Å²) in [6.07, 6.45) is 12.9. The Hall–Kier alpha value is -0.0800. The molecule has 1 aliphatic rings. The molecule has 95 valence electrons. The smallest absolute Gasteiger partial charge is 0.0124 e. The average molecular weight is 275 g/mol. The van der Waals surface area contributed by atoms with Crippen LogP contribution in [0.15, 0.2) is 24.3 Å². The summed E-state index contributed by atoms with van der Waals surface area (Å²) in [6.45, 7) is 0. The van der Waals surface area contributed by atoms with Crippen molar-refractivity contribution in [1.82, 2.24) is 0 Å². The standard InChI is InChI=1S/C16H19S2/c1-17-11-16(12-18-2)15-9-7-14(8-10-15)13-5-3-4-6-13/h3-10,16H,11-12H2,1-2H3. The molecule has 0 spiro atoms. The molecule has 1 saturated carbocycles. The number of rotatable bonds is 6. The van der Waals surface area contributed by atoms with Gasteiger partial charge in [-0.05, 0) is 49.3 Å².